The van der Waals surface area contributed by atoms with Crippen molar-refractivity contribution < 1.29 is 14.3 Å². The molecule has 0 saturated carbocycles. The van der Waals surface area contributed by atoms with E-state index >= 15 is 0 Å². The van der Waals surface area contributed by atoms with Crippen LogP contribution in [0.2, 0.25) is 15.1 Å². The first-order chi connectivity index (χ1) is 22.7. The summed E-state index contributed by atoms with van der Waals surface area (Å²) in [4.78, 5) is 28.3. The fourth-order valence-corrected chi connectivity index (χ4v) is 5.82. The van der Waals surface area contributed by atoms with Crippen LogP contribution in [-0.2, 0) is 22.7 Å². The average molecular weight is 680 g/mol. The Hall–Kier alpha value is -5.13. The number of carbonyl (C=O) groups excluding carboxylic acids is 2. The van der Waals surface area contributed by atoms with E-state index in [1.165, 1.54) is 0 Å². The number of ether oxygens (including phenoxy) is 1. The molecule has 0 aliphatic carbocycles. The van der Waals surface area contributed by atoms with Gasteiger partial charge in [-0.15, -0.1) is 0 Å². The molecule has 5 aromatic rings. The highest BCUT2D eigenvalue weighted by atomic mass is 35.5. The molecule has 1 aliphatic heterocycles. The summed E-state index contributed by atoms with van der Waals surface area (Å²) in [5, 5.41) is 16.3. The molecular weight excluding hydrogens is 655 g/mol. The van der Waals surface area contributed by atoms with Gasteiger partial charge >= 0.3 is 0 Å². The molecule has 0 N–H and O–H groups in total. The normalized spacial score (nSPS) is 14.1. The molecule has 232 valence electrons. The second-order valence-electron chi connectivity index (χ2n) is 10.7. The summed E-state index contributed by atoms with van der Waals surface area (Å²) in [6.07, 6.45) is 3.49. The van der Waals surface area contributed by atoms with Crippen molar-refractivity contribution in [3.05, 3.63) is 152 Å². The maximum absolute atomic E-state index is 13.9. The number of para-hydroxylation sites is 1. The van der Waals surface area contributed by atoms with Crippen molar-refractivity contribution in [1.82, 2.24) is 14.7 Å². The van der Waals surface area contributed by atoms with Crippen molar-refractivity contribution in [3.63, 3.8) is 0 Å². The molecule has 6 rings (SSSR count). The maximum atomic E-state index is 13.9. The van der Waals surface area contributed by atoms with Gasteiger partial charge in [0.15, 0.2) is 0 Å². The molecule has 0 bridgehead atoms. The number of halogens is 3. The molecule has 47 heavy (non-hydrogen) atoms. The molecule has 0 atom stereocenters. The first kappa shape index (κ1) is 31.8. The summed E-state index contributed by atoms with van der Waals surface area (Å²) < 4.78 is 7.69. The number of hydrogen-bond donors (Lipinski definition) is 0. The number of hydrogen-bond acceptors (Lipinski definition) is 5. The van der Waals surface area contributed by atoms with Crippen molar-refractivity contribution in [2.45, 2.75) is 20.1 Å². The maximum Gasteiger partial charge on any atom is 0.271 e. The van der Waals surface area contributed by atoms with E-state index in [0.29, 0.717) is 43.2 Å². The lowest BCUT2D eigenvalue weighted by Crippen LogP contribution is -2.42. The fourth-order valence-electron chi connectivity index (χ4n) is 5.16. The van der Waals surface area contributed by atoms with Gasteiger partial charge in [0.1, 0.15) is 24.0 Å². The predicted molar refractivity (Wildman–Crippen MR) is 183 cm³/mol. The highest BCUT2D eigenvalue weighted by Crippen LogP contribution is 2.33. The highest BCUT2D eigenvalue weighted by molar-refractivity contribution is 6.35. The number of amides is 2. The number of rotatable bonds is 8. The smallest absolute Gasteiger partial charge is 0.271 e. The van der Waals surface area contributed by atoms with Crippen molar-refractivity contribution in [2.75, 3.05) is 0 Å². The molecule has 4 aromatic carbocycles. The Morgan fingerprint density at radius 1 is 0.851 bits per heavy atom. The van der Waals surface area contributed by atoms with E-state index in [4.69, 9.17) is 44.6 Å². The van der Waals surface area contributed by atoms with Crippen LogP contribution < -0.4 is 4.74 Å². The lowest BCUT2D eigenvalue weighted by atomic mass is 9.93. The van der Waals surface area contributed by atoms with Gasteiger partial charge in [0.25, 0.3) is 11.8 Å². The average Bonchev–Trinajstić information content (AvgIpc) is 3.50. The van der Waals surface area contributed by atoms with Gasteiger partial charge in [-0.2, -0.15) is 10.4 Å². The third kappa shape index (κ3) is 6.72. The van der Waals surface area contributed by atoms with E-state index in [0.717, 1.165) is 21.7 Å². The number of benzene rings is 4. The summed E-state index contributed by atoms with van der Waals surface area (Å²) >= 11 is 18.7. The van der Waals surface area contributed by atoms with Crippen LogP contribution in [-0.4, -0.2) is 26.5 Å². The van der Waals surface area contributed by atoms with Gasteiger partial charge in [-0.3, -0.25) is 14.5 Å². The zero-order valence-corrected chi connectivity index (χ0v) is 27.2. The molecule has 0 fully saturated rings. The van der Waals surface area contributed by atoms with E-state index in [1.54, 1.807) is 54.1 Å². The Morgan fingerprint density at radius 3 is 2.28 bits per heavy atom. The number of nitriles is 1. The van der Waals surface area contributed by atoms with Gasteiger partial charge in [-0.25, -0.2) is 4.68 Å². The number of carbonyl (C=O) groups is 2. The van der Waals surface area contributed by atoms with Gasteiger partial charge in [0.05, 0.1) is 17.9 Å². The fraction of sp³-hybridized carbons (Fsp3) is 0.0811. The van der Waals surface area contributed by atoms with Crippen LogP contribution >= 0.6 is 34.8 Å². The topological polar surface area (TPSA) is 88.2 Å². The summed E-state index contributed by atoms with van der Waals surface area (Å²) in [7, 11) is 0. The molecule has 0 spiro atoms. The van der Waals surface area contributed by atoms with E-state index in [2.05, 4.69) is 0 Å². The molecular formula is C37H25Cl3N4O3. The molecule has 7 nitrogen and oxygen atoms in total. The van der Waals surface area contributed by atoms with Crippen molar-refractivity contribution >= 4 is 52.7 Å². The van der Waals surface area contributed by atoms with Crippen LogP contribution in [0.1, 0.15) is 23.6 Å². The zero-order chi connectivity index (χ0) is 33.1. The Morgan fingerprint density at radius 2 is 1.57 bits per heavy atom. The minimum Gasteiger partial charge on any atom is -0.489 e. The van der Waals surface area contributed by atoms with Crippen LogP contribution in [0, 0.1) is 11.3 Å². The Kier molecular flexibility index (Phi) is 9.28. The number of imide groups is 1. The van der Waals surface area contributed by atoms with Crippen molar-refractivity contribution in [2.24, 2.45) is 0 Å². The number of aromatic nitrogens is 2. The van der Waals surface area contributed by atoms with Crippen LogP contribution in [0.3, 0.4) is 0 Å². The second kappa shape index (κ2) is 13.7. The van der Waals surface area contributed by atoms with Gasteiger partial charge < -0.3 is 4.74 Å². The van der Waals surface area contributed by atoms with Gasteiger partial charge in [0.2, 0.25) is 0 Å². The minimum atomic E-state index is -0.664. The SMILES string of the molecule is CC1=C(C#N)C(=O)N(Cc2ccccc2Cl)C(=O)/C1=C/c1cn(-c2ccccc2)nc1-c1ccc(OCc2ccc(Cl)cc2Cl)cc1. The summed E-state index contributed by atoms with van der Waals surface area (Å²) in [6, 6.07) is 31.2. The van der Waals surface area contributed by atoms with Crippen LogP contribution in [0.15, 0.2) is 120 Å². The largest absolute Gasteiger partial charge is 0.489 e. The lowest BCUT2D eigenvalue weighted by molar-refractivity contribution is -0.141. The molecule has 2 amide bonds. The lowest BCUT2D eigenvalue weighted by Gasteiger charge is -2.27. The molecule has 1 aliphatic rings. The Bertz CT molecular complexity index is 2110. The van der Waals surface area contributed by atoms with Gasteiger partial charge in [0, 0.05) is 43.5 Å². The molecule has 1 aromatic heterocycles. The van der Waals surface area contributed by atoms with E-state index in [-0.39, 0.29) is 24.3 Å². The summed E-state index contributed by atoms with van der Waals surface area (Å²) in [5.74, 6) is -0.576. The van der Waals surface area contributed by atoms with Crippen molar-refractivity contribution in [1.29, 1.82) is 5.26 Å². The van der Waals surface area contributed by atoms with Crippen LogP contribution in [0.25, 0.3) is 23.0 Å². The third-order valence-corrected chi connectivity index (χ3v) is 8.67. The molecule has 0 radical (unpaired) electrons. The van der Waals surface area contributed by atoms with Gasteiger partial charge in [-0.1, -0.05) is 77.3 Å². The standard InChI is InChI=1S/C37H25Cl3N4O3/c1-23-31(36(45)43(37(46)32(23)19-41)20-25-7-5-6-10-33(25)39)17-27-21-44(29-8-3-2-4-9-29)42-35(27)24-12-15-30(16-13-24)47-22-26-11-14-28(38)18-34(26)40/h2-18,21H,20,22H2,1H3/b31-17+. The monoisotopic (exact) mass is 678 g/mol. The van der Waals surface area contributed by atoms with Crippen LogP contribution in [0.5, 0.6) is 5.75 Å². The van der Waals surface area contributed by atoms with Crippen LogP contribution in [0.4, 0.5) is 0 Å². The first-order valence-corrected chi connectivity index (χ1v) is 15.6. The summed E-state index contributed by atoms with van der Waals surface area (Å²) in [6.45, 7) is 1.78. The molecule has 0 saturated heterocycles. The Balaban J connectivity index is 1.38. The molecule has 0 unspecified atom stereocenters. The minimum absolute atomic E-state index is 0.0774. The van der Waals surface area contributed by atoms with Gasteiger partial charge in [-0.05, 0) is 78.7 Å². The highest BCUT2D eigenvalue weighted by Gasteiger charge is 2.36. The van der Waals surface area contributed by atoms with E-state index in [1.807, 2.05) is 72.9 Å². The first-order valence-electron chi connectivity index (χ1n) is 14.5. The predicted octanol–water partition coefficient (Wildman–Crippen LogP) is 8.87. The van der Waals surface area contributed by atoms with E-state index < -0.39 is 11.8 Å². The zero-order valence-electron chi connectivity index (χ0n) is 25.0. The molecule has 10 heteroatoms. The third-order valence-electron chi connectivity index (χ3n) is 7.71. The quantitative estimate of drug-likeness (QED) is 0.121. The summed E-state index contributed by atoms with van der Waals surface area (Å²) in [5.41, 5.74) is 4.56. The molecule has 2 heterocycles. The number of nitrogens with zero attached hydrogens (tertiary/aromatic N) is 4. The second-order valence-corrected chi connectivity index (χ2v) is 12.0. The Labute approximate surface area is 286 Å². The van der Waals surface area contributed by atoms with E-state index in [9.17, 15) is 14.9 Å². The van der Waals surface area contributed by atoms with Crippen molar-refractivity contribution in [3.8, 4) is 28.8 Å².